The second kappa shape index (κ2) is 13.0. The van der Waals surface area contributed by atoms with Gasteiger partial charge in [0.15, 0.2) is 5.82 Å². The third-order valence-electron chi connectivity index (χ3n) is 6.62. The van der Waals surface area contributed by atoms with Gasteiger partial charge < -0.3 is 14.8 Å². The number of anilines is 2. The minimum atomic E-state index is -0.848. The van der Waals surface area contributed by atoms with Gasteiger partial charge in [-0.3, -0.25) is 9.21 Å². The van der Waals surface area contributed by atoms with Gasteiger partial charge in [-0.1, -0.05) is 35.9 Å². The van der Waals surface area contributed by atoms with Crippen LogP contribution in [0.2, 0.25) is 5.02 Å². The van der Waals surface area contributed by atoms with Crippen molar-refractivity contribution in [2.75, 3.05) is 36.9 Å². The lowest BCUT2D eigenvalue weighted by atomic mass is 10.1. The van der Waals surface area contributed by atoms with Gasteiger partial charge in [0, 0.05) is 36.3 Å². The first kappa shape index (κ1) is 28.4. The SMILES string of the molecule is COc1ccc(CN(Sc2c(F)cc(NCc3ccccc3CN3CCC3)c(Cl)c2F)c2ncns2)c(OC)c1. The van der Waals surface area contributed by atoms with E-state index in [0.717, 1.165) is 54.2 Å². The average molecular weight is 604 g/mol. The maximum absolute atomic E-state index is 15.6. The van der Waals surface area contributed by atoms with Crippen LogP contribution in [-0.4, -0.2) is 41.6 Å². The second-order valence-corrected chi connectivity index (χ2v) is 11.3. The summed E-state index contributed by atoms with van der Waals surface area (Å²) in [6, 6.07) is 14.7. The molecule has 0 atom stereocenters. The molecular formula is C28H28ClF2N5O2S2. The predicted octanol–water partition coefficient (Wildman–Crippen LogP) is 7.02. The Bertz CT molecular complexity index is 1460. The van der Waals surface area contributed by atoms with Crippen LogP contribution >= 0.6 is 35.1 Å². The molecule has 7 nitrogen and oxygen atoms in total. The van der Waals surface area contributed by atoms with E-state index < -0.39 is 11.6 Å². The molecule has 1 aliphatic rings. The van der Waals surface area contributed by atoms with Crippen molar-refractivity contribution < 1.29 is 18.3 Å². The Hall–Kier alpha value is -3.12. The van der Waals surface area contributed by atoms with Crippen LogP contribution in [0.25, 0.3) is 0 Å². The zero-order valence-corrected chi connectivity index (χ0v) is 24.4. The van der Waals surface area contributed by atoms with Gasteiger partial charge in [0.25, 0.3) is 0 Å². The van der Waals surface area contributed by atoms with E-state index in [2.05, 4.69) is 25.6 Å². The van der Waals surface area contributed by atoms with E-state index >= 15 is 8.78 Å². The number of nitrogens with one attached hydrogen (secondary N) is 1. The second-order valence-electron chi connectivity index (χ2n) is 9.14. The van der Waals surface area contributed by atoms with E-state index in [1.807, 2.05) is 24.3 Å². The first-order valence-electron chi connectivity index (χ1n) is 12.6. The topological polar surface area (TPSA) is 62.8 Å². The zero-order valence-electron chi connectivity index (χ0n) is 22.0. The molecule has 0 spiro atoms. The molecule has 1 N–H and O–H groups in total. The summed E-state index contributed by atoms with van der Waals surface area (Å²) in [6.45, 7) is 3.65. The van der Waals surface area contributed by atoms with Crippen LogP contribution in [0.15, 0.2) is 59.8 Å². The molecule has 0 bridgehead atoms. The number of benzene rings is 3. The molecule has 2 heterocycles. The number of likely N-dealkylation sites (tertiary alicyclic amines) is 1. The highest BCUT2D eigenvalue weighted by Crippen LogP contribution is 2.40. The lowest BCUT2D eigenvalue weighted by molar-refractivity contribution is 0.172. The average Bonchev–Trinajstić information content (AvgIpc) is 3.49. The van der Waals surface area contributed by atoms with Crippen LogP contribution < -0.4 is 19.1 Å². The van der Waals surface area contributed by atoms with Crippen LogP contribution in [0.4, 0.5) is 19.6 Å². The number of methoxy groups -OCH3 is 2. The number of nitrogens with zero attached hydrogens (tertiary/aromatic N) is 4. The van der Waals surface area contributed by atoms with Gasteiger partial charge in [-0.05, 0) is 60.8 Å². The van der Waals surface area contributed by atoms with Gasteiger partial charge in [0.1, 0.15) is 33.6 Å². The van der Waals surface area contributed by atoms with E-state index in [-0.39, 0.29) is 22.2 Å². The van der Waals surface area contributed by atoms with Gasteiger partial charge in [-0.25, -0.2) is 13.8 Å². The number of ether oxygens (including phenoxy) is 2. The van der Waals surface area contributed by atoms with Gasteiger partial charge in [-0.2, -0.15) is 4.37 Å². The Kier molecular flexibility index (Phi) is 9.25. The number of hydrogen-bond acceptors (Lipinski definition) is 9. The molecule has 0 unspecified atom stereocenters. The molecule has 0 amide bonds. The highest BCUT2D eigenvalue weighted by molar-refractivity contribution is 8.00. The summed E-state index contributed by atoms with van der Waals surface area (Å²) in [4.78, 5) is 6.38. The molecule has 1 aliphatic heterocycles. The fraction of sp³-hybridized carbons (Fsp3) is 0.286. The van der Waals surface area contributed by atoms with E-state index in [1.54, 1.807) is 30.7 Å². The molecule has 1 saturated heterocycles. The van der Waals surface area contributed by atoms with Gasteiger partial charge >= 0.3 is 0 Å². The van der Waals surface area contributed by atoms with Crippen molar-refractivity contribution in [1.29, 1.82) is 0 Å². The summed E-state index contributed by atoms with van der Waals surface area (Å²) in [5, 5.41) is 3.43. The molecule has 210 valence electrons. The molecule has 0 saturated carbocycles. The Morgan fingerprint density at radius 3 is 2.55 bits per heavy atom. The van der Waals surface area contributed by atoms with Crippen molar-refractivity contribution in [2.45, 2.75) is 31.0 Å². The molecule has 3 aromatic carbocycles. The normalized spacial score (nSPS) is 13.1. The molecule has 40 heavy (non-hydrogen) atoms. The third kappa shape index (κ3) is 6.43. The summed E-state index contributed by atoms with van der Waals surface area (Å²) in [6.07, 6.45) is 2.61. The summed E-state index contributed by atoms with van der Waals surface area (Å²) in [5.74, 6) is -0.382. The quantitative estimate of drug-likeness (QED) is 0.137. The van der Waals surface area contributed by atoms with Crippen molar-refractivity contribution >= 4 is 45.9 Å². The smallest absolute Gasteiger partial charge is 0.215 e. The van der Waals surface area contributed by atoms with Gasteiger partial charge in [0.05, 0.1) is 26.5 Å². The summed E-state index contributed by atoms with van der Waals surface area (Å²) in [7, 11) is 3.12. The van der Waals surface area contributed by atoms with Gasteiger partial charge in [0.2, 0.25) is 5.13 Å². The highest BCUT2D eigenvalue weighted by Gasteiger charge is 2.24. The van der Waals surface area contributed by atoms with E-state index in [9.17, 15) is 0 Å². The Labute approximate surface area is 245 Å². The van der Waals surface area contributed by atoms with E-state index in [4.69, 9.17) is 21.1 Å². The Morgan fingerprint density at radius 1 is 1.07 bits per heavy atom. The molecule has 4 aromatic rings. The number of rotatable bonds is 12. The van der Waals surface area contributed by atoms with E-state index in [0.29, 0.717) is 23.2 Å². The molecule has 1 fully saturated rings. The van der Waals surface area contributed by atoms with Crippen LogP contribution in [0, 0.1) is 11.6 Å². The lowest BCUT2D eigenvalue weighted by Crippen LogP contribution is -2.36. The molecule has 0 aliphatic carbocycles. The molecule has 0 radical (unpaired) electrons. The van der Waals surface area contributed by atoms with Gasteiger partial charge in [-0.15, -0.1) is 0 Å². The van der Waals surface area contributed by atoms with Crippen molar-refractivity contribution in [3.63, 3.8) is 0 Å². The molecule has 5 rings (SSSR count). The summed E-state index contributed by atoms with van der Waals surface area (Å²) < 4.78 is 47.5. The van der Waals surface area contributed by atoms with Crippen molar-refractivity contribution in [1.82, 2.24) is 14.3 Å². The maximum atomic E-state index is 15.6. The highest BCUT2D eigenvalue weighted by atomic mass is 35.5. The van der Waals surface area contributed by atoms with Crippen LogP contribution in [0.1, 0.15) is 23.1 Å². The van der Waals surface area contributed by atoms with Crippen molar-refractivity contribution in [3.8, 4) is 11.5 Å². The Morgan fingerprint density at radius 2 is 1.88 bits per heavy atom. The maximum Gasteiger partial charge on any atom is 0.215 e. The fourth-order valence-electron chi connectivity index (χ4n) is 4.31. The molecule has 12 heteroatoms. The van der Waals surface area contributed by atoms with Crippen LogP contribution in [0.5, 0.6) is 11.5 Å². The molecule has 1 aromatic heterocycles. The third-order valence-corrected chi connectivity index (χ3v) is 8.87. The van der Waals surface area contributed by atoms with Crippen molar-refractivity contribution in [3.05, 3.63) is 88.2 Å². The molecular weight excluding hydrogens is 576 g/mol. The number of hydrogen-bond donors (Lipinski definition) is 1. The largest absolute Gasteiger partial charge is 0.497 e. The van der Waals surface area contributed by atoms with Crippen molar-refractivity contribution in [2.24, 2.45) is 0 Å². The van der Waals surface area contributed by atoms with Crippen LogP contribution in [0.3, 0.4) is 0 Å². The first-order valence-corrected chi connectivity index (χ1v) is 14.5. The fourth-order valence-corrected chi connectivity index (χ4v) is 6.11. The predicted molar refractivity (Wildman–Crippen MR) is 157 cm³/mol. The Balaban J connectivity index is 1.36. The summed E-state index contributed by atoms with van der Waals surface area (Å²) in [5.41, 5.74) is 3.20. The minimum absolute atomic E-state index is 0.177. The minimum Gasteiger partial charge on any atom is -0.497 e. The van der Waals surface area contributed by atoms with E-state index in [1.165, 1.54) is 24.4 Å². The number of halogens is 3. The monoisotopic (exact) mass is 603 g/mol. The number of aromatic nitrogens is 2. The van der Waals surface area contributed by atoms with Crippen LogP contribution in [-0.2, 0) is 19.6 Å². The lowest BCUT2D eigenvalue weighted by Gasteiger charge is -2.31. The zero-order chi connectivity index (χ0) is 28.1. The first-order chi connectivity index (χ1) is 19.5. The summed E-state index contributed by atoms with van der Waals surface area (Å²) >= 11 is 8.42. The standard InChI is InChI=1S/C28H28ClF2N5O2S2/c1-37-21-9-8-20(24(12-21)38-2)16-36(28-33-17-34-39-28)40-27-22(30)13-23(25(29)26(27)31)32-14-18-6-3-4-7-19(18)15-35-10-5-11-35/h3-4,6-9,12-13,17,32H,5,10-11,14-16H2,1-2H3.